The second-order valence-electron chi connectivity index (χ2n) is 12.8. The monoisotopic (exact) mass is 730 g/mol. The fourth-order valence-corrected chi connectivity index (χ4v) is 8.48. The summed E-state index contributed by atoms with van der Waals surface area (Å²) in [7, 11) is 0.305. The lowest BCUT2D eigenvalue weighted by Crippen LogP contribution is -2.49. The number of ether oxygens (including phenoxy) is 2. The van der Waals surface area contributed by atoms with E-state index in [1.807, 2.05) is 66.7 Å². The van der Waals surface area contributed by atoms with Crippen LogP contribution in [-0.2, 0) is 32.4 Å². The number of fused-ring (bicyclic) bond motifs is 4. The fourth-order valence-electron chi connectivity index (χ4n) is 7.26. The van der Waals surface area contributed by atoms with Crippen LogP contribution in [0.2, 0.25) is 5.02 Å². The number of hydrogen-bond acceptors (Lipinski definition) is 6. The minimum Gasteiger partial charge on any atom is -0.490 e. The van der Waals surface area contributed by atoms with Crippen molar-refractivity contribution in [3.8, 4) is 5.75 Å². The predicted molar refractivity (Wildman–Crippen MR) is 211 cm³/mol. The van der Waals surface area contributed by atoms with Gasteiger partial charge in [0.1, 0.15) is 23.0 Å². The number of allylic oxidation sites excluding steroid dienone is 1. The van der Waals surface area contributed by atoms with Gasteiger partial charge in [-0.3, -0.25) is 9.52 Å². The maximum absolute atomic E-state index is 13.3. The van der Waals surface area contributed by atoms with Crippen LogP contribution in [0.15, 0.2) is 48.6 Å². The second-order valence-corrected chi connectivity index (χ2v) is 14.8. The van der Waals surface area contributed by atoms with Gasteiger partial charge in [0, 0.05) is 36.2 Å². The second kappa shape index (κ2) is 21.6. The number of aldehydes is 1. The van der Waals surface area contributed by atoms with Crippen LogP contribution in [0.3, 0.4) is 0 Å². The Morgan fingerprint density at radius 1 is 1.06 bits per heavy atom. The summed E-state index contributed by atoms with van der Waals surface area (Å²) < 4.78 is 28.5. The van der Waals surface area contributed by atoms with Crippen molar-refractivity contribution in [2.75, 3.05) is 31.7 Å². The molecule has 280 valence electrons. The molecule has 7 atom stereocenters. The van der Waals surface area contributed by atoms with E-state index in [0.717, 1.165) is 74.4 Å². The molecule has 1 fully saturated rings. The van der Waals surface area contributed by atoms with Crippen molar-refractivity contribution in [1.29, 1.82) is 0 Å². The normalized spacial score (nSPS) is 28.8. The quantitative estimate of drug-likeness (QED) is 0.233. The van der Waals surface area contributed by atoms with E-state index in [4.69, 9.17) is 25.9 Å². The third kappa shape index (κ3) is 10.4. The van der Waals surface area contributed by atoms with Crippen LogP contribution in [0.5, 0.6) is 5.75 Å². The highest BCUT2D eigenvalue weighted by atomic mass is 35.5. The lowest BCUT2D eigenvalue weighted by Gasteiger charge is -2.46. The zero-order valence-electron chi connectivity index (χ0n) is 32.2. The Hall–Kier alpha value is -2.68. The van der Waals surface area contributed by atoms with Gasteiger partial charge >= 0.3 is 0 Å². The topological polar surface area (TPSA) is 84.9 Å². The standard InChI is InChI=1S/C33H41ClN2O4S.C2H4O.3C2H6/c1-21-6-4-8-30(39-3)27-12-9-25(27)18-36-19-33(15-5-7-23-16-26(34)11-13-28(23)33)20-40-31-14-10-24(17-29(31)36)32(37)35-41(38)22(21)2;1-2-3;3*1-2/h4,8,10-11,13-14,16-17,21-22,25,27,30H,5-7,9,12,15,18-20H2,1-3H3,(H,35,37);2H,1H3;3*1-2H3/b8-4+;;;;/t21?,22?,25?,27?,30?,33-,41?;;;;/m0..../s1. The first-order valence-corrected chi connectivity index (χ1v) is 20.4. The van der Waals surface area contributed by atoms with Gasteiger partial charge in [0.25, 0.3) is 5.91 Å². The summed E-state index contributed by atoms with van der Waals surface area (Å²) in [5.41, 5.74) is 3.90. The summed E-state index contributed by atoms with van der Waals surface area (Å²) in [4.78, 5) is 24.6. The molecule has 0 aromatic heterocycles. The van der Waals surface area contributed by atoms with Crippen molar-refractivity contribution in [1.82, 2.24) is 4.72 Å². The Labute approximate surface area is 310 Å². The zero-order chi connectivity index (χ0) is 37.4. The van der Waals surface area contributed by atoms with Crippen LogP contribution < -0.4 is 14.4 Å². The number of hydrogen-bond donors (Lipinski definition) is 1. The molecule has 2 aliphatic heterocycles. The fraction of sp³-hybridized carbons (Fsp3) is 0.610. The SMILES string of the molecule is CC.CC.CC.CC=O.COC1/C=C/CC(C)C(C)S(=O)NC(=O)c2ccc3c(c2)N(CC2CCC21)C[C@@]1(CCCc2cc(Cl)ccc21)CO3. The summed E-state index contributed by atoms with van der Waals surface area (Å²) in [5.74, 6) is 1.53. The highest BCUT2D eigenvalue weighted by molar-refractivity contribution is 7.84. The van der Waals surface area contributed by atoms with Crippen molar-refractivity contribution in [3.05, 3.63) is 70.3 Å². The van der Waals surface area contributed by atoms with Crippen molar-refractivity contribution < 1.29 is 23.3 Å². The van der Waals surface area contributed by atoms with Crippen LogP contribution >= 0.6 is 11.6 Å². The van der Waals surface area contributed by atoms with E-state index in [2.05, 4.69) is 40.8 Å². The number of anilines is 1. The number of carbonyl (C=O) groups is 2. The molecule has 9 heteroatoms. The molecule has 50 heavy (non-hydrogen) atoms. The van der Waals surface area contributed by atoms with E-state index in [-0.39, 0.29) is 28.6 Å². The van der Waals surface area contributed by atoms with Crippen molar-refractivity contribution in [2.45, 2.75) is 118 Å². The first-order chi connectivity index (χ1) is 24.2. The van der Waals surface area contributed by atoms with Crippen molar-refractivity contribution in [3.63, 3.8) is 0 Å². The summed E-state index contributed by atoms with van der Waals surface area (Å²) in [6, 6.07) is 12.0. The molecule has 0 saturated heterocycles. The number of aryl methyl sites for hydroxylation is 1. The Balaban J connectivity index is 0.000000887. The molecular weight excluding hydrogens is 668 g/mol. The molecule has 1 saturated carbocycles. The van der Waals surface area contributed by atoms with E-state index in [9.17, 15) is 9.00 Å². The Kier molecular flexibility index (Phi) is 18.8. The number of carbonyl (C=O) groups excluding carboxylic acids is 2. The summed E-state index contributed by atoms with van der Waals surface area (Å²) in [6.45, 7) is 19.7. The molecule has 1 spiro atoms. The smallest absolute Gasteiger partial charge is 0.263 e. The number of benzene rings is 2. The molecular formula is C41H63ClN2O5S. The summed E-state index contributed by atoms with van der Waals surface area (Å²) in [6.07, 6.45) is 11.4. The molecule has 7 nitrogen and oxygen atoms in total. The van der Waals surface area contributed by atoms with Gasteiger partial charge in [-0.25, -0.2) is 4.21 Å². The number of methoxy groups -OCH3 is 1. The van der Waals surface area contributed by atoms with Gasteiger partial charge in [-0.1, -0.05) is 78.3 Å². The minimum atomic E-state index is -1.50. The van der Waals surface area contributed by atoms with E-state index >= 15 is 0 Å². The summed E-state index contributed by atoms with van der Waals surface area (Å²) in [5, 5.41) is 0.589. The van der Waals surface area contributed by atoms with Gasteiger partial charge in [-0.15, -0.1) is 0 Å². The van der Waals surface area contributed by atoms with E-state index < -0.39 is 11.0 Å². The molecule has 2 heterocycles. The molecule has 6 unspecified atom stereocenters. The molecule has 1 N–H and O–H groups in total. The van der Waals surface area contributed by atoms with Gasteiger partial charge in [-0.2, -0.15) is 0 Å². The number of nitrogens with zero attached hydrogens (tertiary/aromatic N) is 1. The van der Waals surface area contributed by atoms with Crippen LogP contribution in [0.25, 0.3) is 0 Å². The van der Waals surface area contributed by atoms with E-state index in [0.29, 0.717) is 24.0 Å². The molecule has 6 rings (SSSR count). The van der Waals surface area contributed by atoms with Crippen LogP contribution in [-0.4, -0.2) is 54.6 Å². The van der Waals surface area contributed by atoms with Crippen molar-refractivity contribution >= 4 is 40.5 Å². The minimum absolute atomic E-state index is 0.0508. The maximum Gasteiger partial charge on any atom is 0.263 e. The first kappa shape index (κ1) is 43.5. The number of rotatable bonds is 1. The average molecular weight is 731 g/mol. The van der Waals surface area contributed by atoms with Gasteiger partial charge in [0.15, 0.2) is 0 Å². The van der Waals surface area contributed by atoms with Crippen LogP contribution in [0, 0.1) is 17.8 Å². The zero-order valence-corrected chi connectivity index (χ0v) is 33.8. The number of amides is 1. The van der Waals surface area contributed by atoms with Crippen LogP contribution in [0.1, 0.15) is 116 Å². The molecule has 2 bridgehead atoms. The van der Waals surface area contributed by atoms with Crippen LogP contribution in [0.4, 0.5) is 5.69 Å². The average Bonchev–Trinajstić information content (AvgIpc) is 3.28. The highest BCUT2D eigenvalue weighted by Gasteiger charge is 2.44. The third-order valence-corrected chi connectivity index (χ3v) is 11.9. The van der Waals surface area contributed by atoms with Gasteiger partial charge in [-0.05, 0) is 112 Å². The number of nitrogens with one attached hydrogen (secondary N) is 1. The first-order valence-electron chi connectivity index (χ1n) is 18.8. The molecule has 1 amide bonds. The molecule has 0 radical (unpaired) electrons. The maximum atomic E-state index is 13.3. The Morgan fingerprint density at radius 3 is 2.40 bits per heavy atom. The van der Waals surface area contributed by atoms with Gasteiger partial charge in [0.05, 0.1) is 23.6 Å². The molecule has 4 aliphatic rings. The highest BCUT2D eigenvalue weighted by Crippen LogP contribution is 2.47. The molecule has 2 aromatic carbocycles. The summed E-state index contributed by atoms with van der Waals surface area (Å²) >= 11 is 6.41. The predicted octanol–water partition coefficient (Wildman–Crippen LogP) is 9.52. The Morgan fingerprint density at radius 2 is 1.76 bits per heavy atom. The van der Waals surface area contributed by atoms with E-state index in [1.54, 1.807) is 13.2 Å². The van der Waals surface area contributed by atoms with Gasteiger partial charge < -0.3 is 19.2 Å². The number of halogens is 1. The lowest BCUT2D eigenvalue weighted by molar-refractivity contribution is -0.106. The molecule has 2 aliphatic carbocycles. The van der Waals surface area contributed by atoms with Gasteiger partial charge in [0.2, 0.25) is 0 Å². The third-order valence-electron chi connectivity index (χ3n) is 10.1. The van der Waals surface area contributed by atoms with E-state index in [1.165, 1.54) is 18.1 Å². The van der Waals surface area contributed by atoms with Crippen molar-refractivity contribution in [2.24, 2.45) is 17.8 Å². The Bertz CT molecular complexity index is 1420. The lowest BCUT2D eigenvalue weighted by atomic mass is 9.68. The largest absolute Gasteiger partial charge is 0.490 e. The molecule has 2 aromatic rings.